The van der Waals surface area contributed by atoms with Crippen molar-refractivity contribution >= 4 is 22.6 Å². The molecule has 0 fully saturated rings. The zero-order chi connectivity index (χ0) is 16.8. The summed E-state index contributed by atoms with van der Waals surface area (Å²) in [5.41, 5.74) is 1.06. The molecule has 2 aromatic carbocycles. The van der Waals surface area contributed by atoms with Crippen LogP contribution in [0.3, 0.4) is 0 Å². The molecule has 0 spiro atoms. The monoisotopic (exact) mass is 317 g/mol. The van der Waals surface area contributed by atoms with Crippen molar-refractivity contribution < 1.29 is 24.5 Å². The van der Waals surface area contributed by atoms with Gasteiger partial charge in [0.2, 0.25) is 5.91 Å². The van der Waals surface area contributed by atoms with Crippen LogP contribution < -0.4 is 10.1 Å². The van der Waals surface area contributed by atoms with E-state index in [2.05, 4.69) is 5.32 Å². The van der Waals surface area contributed by atoms with E-state index in [0.717, 1.165) is 22.1 Å². The highest BCUT2D eigenvalue weighted by molar-refractivity contribution is 5.87. The van der Waals surface area contributed by atoms with E-state index < -0.39 is 24.4 Å². The van der Waals surface area contributed by atoms with Gasteiger partial charge in [-0.2, -0.15) is 0 Å². The number of carbonyl (C=O) groups is 2. The number of amides is 1. The minimum atomic E-state index is -1.67. The van der Waals surface area contributed by atoms with Crippen molar-refractivity contribution in [1.29, 1.82) is 0 Å². The number of hydrogen-bond acceptors (Lipinski definition) is 4. The maximum Gasteiger partial charge on any atom is 0.333 e. The van der Waals surface area contributed by atoms with Crippen LogP contribution in [0.2, 0.25) is 0 Å². The van der Waals surface area contributed by atoms with Crippen LogP contribution in [0.15, 0.2) is 36.4 Å². The van der Waals surface area contributed by atoms with Gasteiger partial charge in [0.1, 0.15) is 5.75 Å². The van der Waals surface area contributed by atoms with Crippen molar-refractivity contribution in [1.82, 2.24) is 5.32 Å². The first kappa shape index (κ1) is 16.8. The Labute approximate surface area is 133 Å². The third-order valence-corrected chi connectivity index (χ3v) is 3.56. The minimum absolute atomic E-state index is 0.363. The van der Waals surface area contributed by atoms with E-state index in [4.69, 9.17) is 14.9 Å². The van der Waals surface area contributed by atoms with Crippen LogP contribution in [0.5, 0.6) is 5.75 Å². The number of carboxylic acids is 1. The fraction of sp³-hybridized carbons (Fsp3) is 0.294. The maximum atomic E-state index is 11.6. The Kier molecular flexibility index (Phi) is 5.54. The molecule has 0 aromatic heterocycles. The number of rotatable bonds is 7. The summed E-state index contributed by atoms with van der Waals surface area (Å²) < 4.78 is 5.23. The highest BCUT2D eigenvalue weighted by Gasteiger charge is 2.17. The lowest BCUT2D eigenvalue weighted by molar-refractivity contribution is -0.149. The number of aliphatic hydroxyl groups excluding tert-OH is 1. The molecule has 1 unspecified atom stereocenters. The van der Waals surface area contributed by atoms with Gasteiger partial charge < -0.3 is 20.3 Å². The lowest BCUT2D eigenvalue weighted by Gasteiger charge is -2.10. The molecule has 0 bridgehead atoms. The Morgan fingerprint density at radius 3 is 2.74 bits per heavy atom. The summed E-state index contributed by atoms with van der Waals surface area (Å²) in [6.45, 7) is 0.363. The van der Waals surface area contributed by atoms with Crippen molar-refractivity contribution in [3.05, 3.63) is 42.0 Å². The Morgan fingerprint density at radius 2 is 2.04 bits per heavy atom. The predicted molar refractivity (Wildman–Crippen MR) is 85.5 cm³/mol. The molecule has 2 aromatic rings. The third-order valence-electron chi connectivity index (χ3n) is 3.56. The van der Waals surface area contributed by atoms with E-state index in [1.54, 1.807) is 7.11 Å². The van der Waals surface area contributed by atoms with Crippen LogP contribution in [0, 0.1) is 0 Å². The number of hydrogen-bond donors (Lipinski definition) is 3. The van der Waals surface area contributed by atoms with E-state index in [1.807, 2.05) is 36.4 Å². The molecule has 122 valence electrons. The third kappa shape index (κ3) is 4.43. The Morgan fingerprint density at radius 1 is 1.26 bits per heavy atom. The highest BCUT2D eigenvalue weighted by atomic mass is 16.5. The Balaban J connectivity index is 1.99. The van der Waals surface area contributed by atoms with Crippen LogP contribution in [0.25, 0.3) is 10.8 Å². The SMILES string of the molecule is COc1ccc2cccc(CCNC(=O)CC(O)C(=O)O)c2c1. The molecule has 0 aliphatic heterocycles. The van der Waals surface area contributed by atoms with E-state index in [9.17, 15) is 9.59 Å². The molecule has 0 saturated heterocycles. The molecule has 0 radical (unpaired) electrons. The molecule has 0 heterocycles. The van der Waals surface area contributed by atoms with Crippen molar-refractivity contribution in [2.24, 2.45) is 0 Å². The smallest absolute Gasteiger partial charge is 0.333 e. The first-order valence-corrected chi connectivity index (χ1v) is 7.24. The van der Waals surface area contributed by atoms with Gasteiger partial charge in [-0.25, -0.2) is 4.79 Å². The fourth-order valence-corrected chi connectivity index (χ4v) is 2.33. The molecule has 6 nitrogen and oxygen atoms in total. The first-order valence-electron chi connectivity index (χ1n) is 7.24. The van der Waals surface area contributed by atoms with E-state index in [1.165, 1.54) is 0 Å². The topological polar surface area (TPSA) is 95.9 Å². The van der Waals surface area contributed by atoms with Crippen molar-refractivity contribution in [2.45, 2.75) is 18.9 Å². The number of methoxy groups -OCH3 is 1. The lowest BCUT2D eigenvalue weighted by Crippen LogP contribution is -2.32. The van der Waals surface area contributed by atoms with Gasteiger partial charge in [0.05, 0.1) is 13.5 Å². The first-order chi connectivity index (χ1) is 11.0. The summed E-state index contributed by atoms with van der Waals surface area (Å²) >= 11 is 0. The van der Waals surface area contributed by atoms with Gasteiger partial charge in [0.15, 0.2) is 6.10 Å². The minimum Gasteiger partial charge on any atom is -0.497 e. The van der Waals surface area contributed by atoms with Crippen LogP contribution in [0.1, 0.15) is 12.0 Å². The summed E-state index contributed by atoms with van der Waals surface area (Å²) in [4.78, 5) is 22.1. The standard InChI is InChI=1S/C17H19NO5/c1-23-13-6-5-11-3-2-4-12(14(11)9-13)7-8-18-16(20)10-15(19)17(21)22/h2-6,9,15,19H,7-8,10H2,1H3,(H,18,20)(H,21,22). The predicted octanol–water partition coefficient (Wildman–Crippen LogP) is 1.34. The fourth-order valence-electron chi connectivity index (χ4n) is 2.33. The number of fused-ring (bicyclic) bond motifs is 1. The van der Waals surface area contributed by atoms with Crippen LogP contribution in [-0.2, 0) is 16.0 Å². The van der Waals surface area contributed by atoms with E-state index in [-0.39, 0.29) is 0 Å². The molecule has 23 heavy (non-hydrogen) atoms. The van der Waals surface area contributed by atoms with E-state index >= 15 is 0 Å². The normalized spacial score (nSPS) is 11.9. The summed E-state index contributed by atoms with van der Waals surface area (Å²) in [6.07, 6.45) is -1.52. The average Bonchev–Trinajstić information content (AvgIpc) is 2.54. The van der Waals surface area contributed by atoms with Crippen molar-refractivity contribution in [3.8, 4) is 5.75 Å². The quantitative estimate of drug-likeness (QED) is 0.716. The van der Waals surface area contributed by atoms with Crippen LogP contribution >= 0.6 is 0 Å². The van der Waals surface area contributed by atoms with Crippen LogP contribution in [-0.4, -0.2) is 41.8 Å². The molecular formula is C17H19NO5. The number of nitrogens with one attached hydrogen (secondary N) is 1. The molecule has 0 aliphatic rings. The number of aliphatic carboxylic acids is 1. The van der Waals surface area contributed by atoms with Crippen molar-refractivity contribution in [2.75, 3.05) is 13.7 Å². The Bertz CT molecular complexity index is 713. The Hall–Kier alpha value is -2.60. The second-order valence-electron chi connectivity index (χ2n) is 5.16. The second-order valence-corrected chi connectivity index (χ2v) is 5.16. The van der Waals surface area contributed by atoms with Gasteiger partial charge in [-0.3, -0.25) is 4.79 Å². The molecule has 2 rings (SSSR count). The van der Waals surface area contributed by atoms with Gasteiger partial charge in [-0.05, 0) is 34.9 Å². The maximum absolute atomic E-state index is 11.6. The summed E-state index contributed by atoms with van der Waals surface area (Å²) in [5.74, 6) is -1.13. The lowest BCUT2D eigenvalue weighted by atomic mass is 10.0. The molecular weight excluding hydrogens is 298 g/mol. The number of aliphatic hydroxyl groups is 1. The summed E-state index contributed by atoms with van der Waals surface area (Å²) in [6, 6.07) is 11.7. The number of ether oxygens (including phenoxy) is 1. The molecule has 0 aliphatic carbocycles. The molecule has 6 heteroatoms. The highest BCUT2D eigenvalue weighted by Crippen LogP contribution is 2.24. The van der Waals surface area contributed by atoms with Gasteiger partial charge in [0, 0.05) is 6.54 Å². The van der Waals surface area contributed by atoms with Gasteiger partial charge in [-0.1, -0.05) is 24.3 Å². The van der Waals surface area contributed by atoms with Crippen LogP contribution in [0.4, 0.5) is 0 Å². The zero-order valence-corrected chi connectivity index (χ0v) is 12.8. The largest absolute Gasteiger partial charge is 0.497 e. The van der Waals surface area contributed by atoms with Gasteiger partial charge >= 0.3 is 5.97 Å². The van der Waals surface area contributed by atoms with Crippen molar-refractivity contribution in [3.63, 3.8) is 0 Å². The molecule has 3 N–H and O–H groups in total. The van der Waals surface area contributed by atoms with Gasteiger partial charge in [0.25, 0.3) is 0 Å². The summed E-state index contributed by atoms with van der Waals surface area (Å²) in [7, 11) is 1.61. The zero-order valence-electron chi connectivity index (χ0n) is 12.8. The molecule has 1 amide bonds. The number of benzene rings is 2. The van der Waals surface area contributed by atoms with E-state index in [0.29, 0.717) is 13.0 Å². The molecule has 1 atom stereocenters. The van der Waals surface area contributed by atoms with Gasteiger partial charge in [-0.15, -0.1) is 0 Å². The summed E-state index contributed by atoms with van der Waals surface area (Å²) in [5, 5.41) is 22.4. The second kappa shape index (κ2) is 7.60. The average molecular weight is 317 g/mol. The number of carboxylic acid groups (broad SMARTS) is 1. The number of carbonyl (C=O) groups excluding carboxylic acids is 1. The molecule has 0 saturated carbocycles.